The molecule has 160 valence electrons. The fourth-order valence-electron chi connectivity index (χ4n) is 2.68. The topological polar surface area (TPSA) is 59.9 Å². The third-order valence-electron chi connectivity index (χ3n) is 4.09. The summed E-state index contributed by atoms with van der Waals surface area (Å²) in [5, 5.41) is 4.60. The van der Waals surface area contributed by atoms with Gasteiger partial charge in [-0.2, -0.15) is 5.10 Å². The van der Waals surface area contributed by atoms with Gasteiger partial charge in [-0.05, 0) is 82.5 Å². The molecule has 3 aromatic rings. The van der Waals surface area contributed by atoms with Crippen molar-refractivity contribution < 1.29 is 18.7 Å². The van der Waals surface area contributed by atoms with Crippen LogP contribution >= 0.6 is 27.5 Å². The first-order valence-electron chi connectivity index (χ1n) is 9.39. The molecule has 0 spiro atoms. The van der Waals surface area contributed by atoms with E-state index in [1.165, 1.54) is 30.5 Å². The van der Waals surface area contributed by atoms with Gasteiger partial charge >= 0.3 is 0 Å². The minimum atomic E-state index is -0.443. The highest BCUT2D eigenvalue weighted by molar-refractivity contribution is 9.10. The lowest BCUT2D eigenvalue weighted by Crippen LogP contribution is -2.17. The van der Waals surface area contributed by atoms with Gasteiger partial charge in [-0.15, -0.1) is 0 Å². The van der Waals surface area contributed by atoms with Crippen molar-refractivity contribution >= 4 is 39.7 Å². The summed E-state index contributed by atoms with van der Waals surface area (Å²) in [5.41, 5.74) is 4.33. The van der Waals surface area contributed by atoms with Crippen molar-refractivity contribution in [3.05, 3.63) is 92.7 Å². The van der Waals surface area contributed by atoms with Crippen molar-refractivity contribution in [3.63, 3.8) is 0 Å². The van der Waals surface area contributed by atoms with Crippen LogP contribution in [0.4, 0.5) is 4.39 Å². The molecule has 0 aliphatic rings. The second-order valence-electron chi connectivity index (χ2n) is 6.39. The van der Waals surface area contributed by atoms with Gasteiger partial charge < -0.3 is 9.47 Å². The molecule has 0 heterocycles. The number of rotatable bonds is 8. The van der Waals surface area contributed by atoms with Gasteiger partial charge in [0.25, 0.3) is 5.91 Å². The van der Waals surface area contributed by atoms with Crippen LogP contribution in [0.1, 0.15) is 28.4 Å². The minimum absolute atomic E-state index is 0.305. The largest absolute Gasteiger partial charge is 0.490 e. The predicted molar refractivity (Wildman–Crippen MR) is 123 cm³/mol. The fourth-order valence-corrected chi connectivity index (χ4v) is 3.47. The van der Waals surface area contributed by atoms with Gasteiger partial charge in [0, 0.05) is 10.6 Å². The molecule has 3 aromatic carbocycles. The van der Waals surface area contributed by atoms with Gasteiger partial charge in [0.05, 0.1) is 17.3 Å². The number of amides is 1. The third kappa shape index (κ3) is 6.54. The monoisotopic (exact) mass is 504 g/mol. The predicted octanol–water partition coefficient (Wildman–Crippen LogP) is 5.98. The Bertz CT molecular complexity index is 1090. The molecule has 0 aliphatic heterocycles. The van der Waals surface area contributed by atoms with Gasteiger partial charge in [0.1, 0.15) is 12.4 Å². The maximum atomic E-state index is 13.0. The molecule has 8 heteroatoms. The Morgan fingerprint density at radius 2 is 1.94 bits per heavy atom. The Morgan fingerprint density at radius 1 is 1.16 bits per heavy atom. The first kappa shape index (κ1) is 22.8. The summed E-state index contributed by atoms with van der Waals surface area (Å²) in [7, 11) is 0. The van der Waals surface area contributed by atoms with E-state index < -0.39 is 11.7 Å². The Kier molecular flexibility index (Phi) is 8.03. The van der Waals surface area contributed by atoms with Gasteiger partial charge in [0.15, 0.2) is 11.5 Å². The first-order valence-corrected chi connectivity index (χ1v) is 10.6. The van der Waals surface area contributed by atoms with E-state index in [-0.39, 0.29) is 0 Å². The van der Waals surface area contributed by atoms with Gasteiger partial charge in [-0.3, -0.25) is 4.79 Å². The van der Waals surface area contributed by atoms with Crippen LogP contribution in [0.2, 0.25) is 5.02 Å². The van der Waals surface area contributed by atoms with E-state index in [1.54, 1.807) is 18.2 Å². The highest BCUT2D eigenvalue weighted by Crippen LogP contribution is 2.37. The molecule has 0 atom stereocenters. The normalized spacial score (nSPS) is 10.8. The molecule has 3 rings (SSSR count). The fraction of sp³-hybridized carbons (Fsp3) is 0.130. The zero-order valence-corrected chi connectivity index (χ0v) is 18.9. The van der Waals surface area contributed by atoms with Crippen molar-refractivity contribution in [2.75, 3.05) is 6.61 Å². The Balaban J connectivity index is 1.72. The van der Waals surface area contributed by atoms with Crippen LogP contribution < -0.4 is 14.9 Å². The lowest BCUT2D eigenvalue weighted by atomic mass is 10.2. The number of carbonyl (C=O) groups excluding carboxylic acids is 1. The Hall–Kier alpha value is -2.90. The summed E-state index contributed by atoms with van der Waals surface area (Å²) in [6.07, 6.45) is 1.48. The zero-order valence-electron chi connectivity index (χ0n) is 16.6. The smallest absolute Gasteiger partial charge is 0.271 e. The molecule has 31 heavy (non-hydrogen) atoms. The van der Waals surface area contributed by atoms with Crippen molar-refractivity contribution in [2.45, 2.75) is 13.5 Å². The van der Waals surface area contributed by atoms with E-state index in [0.29, 0.717) is 45.3 Å². The zero-order chi connectivity index (χ0) is 22.2. The van der Waals surface area contributed by atoms with Gasteiger partial charge in [-0.25, -0.2) is 9.82 Å². The van der Waals surface area contributed by atoms with Crippen LogP contribution in [-0.2, 0) is 6.61 Å². The van der Waals surface area contributed by atoms with E-state index in [9.17, 15) is 9.18 Å². The number of hydrazone groups is 1. The summed E-state index contributed by atoms with van der Waals surface area (Å²) < 4.78 is 25.3. The lowest BCUT2D eigenvalue weighted by Gasteiger charge is -2.15. The van der Waals surface area contributed by atoms with E-state index in [4.69, 9.17) is 21.1 Å². The van der Waals surface area contributed by atoms with Crippen molar-refractivity contribution in [2.24, 2.45) is 5.10 Å². The quantitative estimate of drug-likeness (QED) is 0.302. The minimum Gasteiger partial charge on any atom is -0.490 e. The highest BCUT2D eigenvalue weighted by atomic mass is 79.9. The second kappa shape index (κ2) is 10.9. The lowest BCUT2D eigenvalue weighted by molar-refractivity contribution is 0.0955. The van der Waals surface area contributed by atoms with Crippen LogP contribution in [0, 0.1) is 5.82 Å². The van der Waals surface area contributed by atoms with E-state index in [1.807, 2.05) is 25.1 Å². The molecule has 0 fully saturated rings. The van der Waals surface area contributed by atoms with Crippen molar-refractivity contribution in [1.29, 1.82) is 0 Å². The number of nitrogens with one attached hydrogen (secondary N) is 1. The molecule has 0 saturated carbocycles. The number of carbonyl (C=O) groups is 1. The summed E-state index contributed by atoms with van der Waals surface area (Å²) in [6.45, 7) is 2.64. The highest BCUT2D eigenvalue weighted by Gasteiger charge is 2.12. The standard InChI is InChI=1S/C23H19BrClFN2O3/c1-2-30-21-12-16(13-27-28-23(29)17-6-8-19(26)9-7-17)11-20(24)22(21)31-14-15-4-3-5-18(25)10-15/h3-13H,2,14H2,1H3,(H,28,29)/b27-13-. The van der Waals surface area contributed by atoms with E-state index in [2.05, 4.69) is 26.5 Å². The van der Waals surface area contributed by atoms with Crippen molar-refractivity contribution in [3.8, 4) is 11.5 Å². The summed E-state index contributed by atoms with van der Waals surface area (Å²) in [5.74, 6) is 0.229. The maximum absolute atomic E-state index is 13.0. The number of benzene rings is 3. The molecule has 0 saturated heterocycles. The molecule has 0 bridgehead atoms. The van der Waals surface area contributed by atoms with Crippen LogP contribution in [0.3, 0.4) is 0 Å². The number of halogens is 3. The molecular formula is C23H19BrClFN2O3. The molecule has 1 N–H and O–H groups in total. The molecule has 0 aromatic heterocycles. The van der Waals surface area contributed by atoms with E-state index >= 15 is 0 Å². The molecule has 0 unspecified atom stereocenters. The summed E-state index contributed by atoms with van der Waals surface area (Å²) in [6, 6.07) is 16.2. The van der Waals surface area contributed by atoms with Gasteiger partial charge in [-0.1, -0.05) is 23.7 Å². The maximum Gasteiger partial charge on any atom is 0.271 e. The van der Waals surface area contributed by atoms with Crippen LogP contribution in [-0.4, -0.2) is 18.7 Å². The summed E-state index contributed by atoms with van der Waals surface area (Å²) in [4.78, 5) is 12.1. The van der Waals surface area contributed by atoms with Crippen LogP contribution in [0.15, 0.2) is 70.2 Å². The van der Waals surface area contributed by atoms with Crippen LogP contribution in [0.25, 0.3) is 0 Å². The number of ether oxygens (including phenoxy) is 2. The first-order chi connectivity index (χ1) is 15.0. The summed E-state index contributed by atoms with van der Waals surface area (Å²) >= 11 is 9.53. The molecule has 1 amide bonds. The number of nitrogens with zero attached hydrogens (tertiary/aromatic N) is 1. The third-order valence-corrected chi connectivity index (χ3v) is 4.91. The second-order valence-corrected chi connectivity index (χ2v) is 7.68. The number of hydrogen-bond donors (Lipinski definition) is 1. The molecule has 5 nitrogen and oxygen atoms in total. The van der Waals surface area contributed by atoms with Gasteiger partial charge in [0.2, 0.25) is 0 Å². The average molecular weight is 506 g/mol. The number of hydrogen-bond acceptors (Lipinski definition) is 4. The SMILES string of the molecule is CCOc1cc(/C=N\NC(=O)c2ccc(F)cc2)cc(Br)c1OCc1cccc(Cl)c1. The molecule has 0 aliphatic carbocycles. The Morgan fingerprint density at radius 3 is 2.65 bits per heavy atom. The molecule has 0 radical (unpaired) electrons. The van der Waals surface area contributed by atoms with Crippen LogP contribution in [0.5, 0.6) is 11.5 Å². The molecular weight excluding hydrogens is 487 g/mol. The Labute approximate surface area is 193 Å². The average Bonchev–Trinajstić information content (AvgIpc) is 2.74. The van der Waals surface area contributed by atoms with Crippen molar-refractivity contribution in [1.82, 2.24) is 5.43 Å². The van der Waals surface area contributed by atoms with E-state index in [0.717, 1.165) is 5.56 Å².